The fourth-order valence-electron chi connectivity index (χ4n) is 5.08. The SMILES string of the molecule is C=CCOC(=O)n1nc([AsH]C(=O)c2ccc(N3CCN(C)CC3)cc2)c2c1CN(C(=O)[C@H](OC)c1ccccc1)C2. The van der Waals surface area contributed by atoms with E-state index >= 15 is 0 Å². The van der Waals surface area contributed by atoms with Crippen molar-refractivity contribution in [1.82, 2.24) is 19.6 Å². The summed E-state index contributed by atoms with van der Waals surface area (Å²) in [5.41, 5.74) is 3.76. The molecule has 0 radical (unpaired) electrons. The Labute approximate surface area is 246 Å². The van der Waals surface area contributed by atoms with Gasteiger partial charge in [-0.05, 0) is 0 Å². The van der Waals surface area contributed by atoms with Crippen molar-refractivity contribution in [3.05, 3.63) is 89.6 Å². The first-order valence-corrected chi connectivity index (χ1v) is 15.6. The van der Waals surface area contributed by atoms with Crippen molar-refractivity contribution in [2.24, 2.45) is 0 Å². The summed E-state index contributed by atoms with van der Waals surface area (Å²) in [6.45, 7) is 7.94. The molecule has 214 valence electrons. The van der Waals surface area contributed by atoms with Gasteiger partial charge >= 0.3 is 247 Å². The maximum absolute atomic E-state index is 13.5. The van der Waals surface area contributed by atoms with E-state index in [1.165, 1.54) is 17.9 Å². The molecule has 0 bridgehead atoms. The number of aromatic nitrogens is 2. The second-order valence-corrected chi connectivity index (χ2v) is 12.5. The van der Waals surface area contributed by atoms with E-state index in [4.69, 9.17) is 9.47 Å². The number of likely N-dealkylation sites (N-methyl/N-ethyl adjacent to an activating group) is 1. The van der Waals surface area contributed by atoms with Crippen LogP contribution in [-0.2, 0) is 27.4 Å². The predicted octanol–water partition coefficient (Wildman–Crippen LogP) is 1.94. The molecular formula is C30H34AsN5O5. The van der Waals surface area contributed by atoms with E-state index < -0.39 is 27.9 Å². The monoisotopic (exact) mass is 619 g/mol. The summed E-state index contributed by atoms with van der Waals surface area (Å²) in [7, 11) is 3.62. The molecule has 0 saturated carbocycles. The fourth-order valence-corrected chi connectivity index (χ4v) is 7.28. The van der Waals surface area contributed by atoms with Crippen LogP contribution in [0.5, 0.6) is 0 Å². The molecule has 2 atom stereocenters. The van der Waals surface area contributed by atoms with Crippen LogP contribution < -0.4 is 9.38 Å². The van der Waals surface area contributed by atoms with E-state index in [9.17, 15) is 14.4 Å². The molecule has 2 aliphatic heterocycles. The second-order valence-electron chi connectivity index (χ2n) is 10.1. The van der Waals surface area contributed by atoms with Gasteiger partial charge in [-0.1, -0.05) is 0 Å². The summed E-state index contributed by atoms with van der Waals surface area (Å²) in [6.07, 6.45) is 0.0304. The molecule has 1 unspecified atom stereocenters. The zero-order chi connectivity index (χ0) is 28.9. The minimum atomic E-state index is -1.43. The molecule has 10 nitrogen and oxygen atoms in total. The normalized spacial score (nSPS) is 16.1. The van der Waals surface area contributed by atoms with Crippen molar-refractivity contribution in [1.29, 1.82) is 0 Å². The third-order valence-electron chi connectivity index (χ3n) is 7.38. The number of rotatable bonds is 9. The number of carbonyl (C=O) groups is 3. The zero-order valence-electron chi connectivity index (χ0n) is 23.3. The average molecular weight is 620 g/mol. The Morgan fingerprint density at radius 2 is 1.73 bits per heavy atom. The van der Waals surface area contributed by atoms with Crippen LogP contribution in [0.2, 0.25) is 0 Å². The van der Waals surface area contributed by atoms with Gasteiger partial charge in [-0.15, -0.1) is 0 Å². The predicted molar refractivity (Wildman–Crippen MR) is 157 cm³/mol. The number of nitrogens with zero attached hydrogens (tertiary/aromatic N) is 5. The van der Waals surface area contributed by atoms with Gasteiger partial charge in [-0.2, -0.15) is 0 Å². The van der Waals surface area contributed by atoms with Crippen LogP contribution in [0.25, 0.3) is 0 Å². The van der Waals surface area contributed by atoms with E-state index in [0.29, 0.717) is 15.7 Å². The standard InChI is InChI=1S/C30H34AsN5O5/c1-4-18-41-30(39)36-25-20-35(29(38)26(40-3)21-8-6-5-7-9-21)19-24(25)27(32-36)31-28(37)22-10-12-23(13-11-22)34-16-14-33(2)15-17-34/h4-13,26,31H,1,14-20H2,2-3H3/t26-/m1/s1. The van der Waals surface area contributed by atoms with Crippen molar-refractivity contribution in [3.63, 3.8) is 0 Å². The Kier molecular flexibility index (Phi) is 9.02. The molecule has 2 aliphatic rings. The van der Waals surface area contributed by atoms with Crippen molar-refractivity contribution in [2.75, 3.05) is 51.8 Å². The number of ether oxygens (including phenoxy) is 2. The molecular weight excluding hydrogens is 585 g/mol. The van der Waals surface area contributed by atoms with Gasteiger partial charge < -0.3 is 0 Å². The number of benzene rings is 2. The molecule has 41 heavy (non-hydrogen) atoms. The van der Waals surface area contributed by atoms with Crippen molar-refractivity contribution in [3.8, 4) is 0 Å². The van der Waals surface area contributed by atoms with Crippen LogP contribution in [0, 0.1) is 0 Å². The van der Waals surface area contributed by atoms with Crippen LogP contribution in [0.3, 0.4) is 0 Å². The van der Waals surface area contributed by atoms with E-state index in [1.807, 2.05) is 54.6 Å². The summed E-state index contributed by atoms with van der Waals surface area (Å²) in [5.74, 6) is -0.224. The number of carbonyl (C=O) groups excluding carboxylic acids is 3. The number of anilines is 1. The number of hydrogen-bond donors (Lipinski definition) is 0. The molecule has 2 aromatic carbocycles. The van der Waals surface area contributed by atoms with Gasteiger partial charge in [0.1, 0.15) is 0 Å². The molecule has 5 rings (SSSR count). The number of hydrogen-bond acceptors (Lipinski definition) is 8. The minimum absolute atomic E-state index is 0.00525. The van der Waals surface area contributed by atoms with E-state index in [1.54, 1.807) is 4.90 Å². The number of piperazine rings is 1. The molecule has 1 saturated heterocycles. The molecule has 1 aromatic heterocycles. The van der Waals surface area contributed by atoms with Gasteiger partial charge in [0.15, 0.2) is 0 Å². The first-order chi connectivity index (χ1) is 19.9. The molecule has 3 aromatic rings. The summed E-state index contributed by atoms with van der Waals surface area (Å²) < 4.78 is 12.6. The van der Waals surface area contributed by atoms with Gasteiger partial charge in [0.05, 0.1) is 0 Å². The zero-order valence-corrected chi connectivity index (χ0v) is 25.4. The Hall–Kier alpha value is -3.72. The van der Waals surface area contributed by atoms with Gasteiger partial charge in [0.25, 0.3) is 0 Å². The quantitative estimate of drug-likeness (QED) is 0.265. The molecule has 11 heteroatoms. The van der Waals surface area contributed by atoms with Crippen LogP contribution in [0.15, 0.2) is 67.3 Å². The van der Waals surface area contributed by atoms with Crippen molar-refractivity contribution < 1.29 is 23.9 Å². The van der Waals surface area contributed by atoms with Crippen LogP contribution in [0.1, 0.15) is 33.3 Å². The molecule has 3 heterocycles. The van der Waals surface area contributed by atoms with E-state index in [2.05, 4.69) is 28.5 Å². The first-order valence-electron chi connectivity index (χ1n) is 13.5. The summed E-state index contributed by atoms with van der Waals surface area (Å²) in [4.78, 5) is 46.0. The van der Waals surface area contributed by atoms with E-state index in [-0.39, 0.29) is 30.2 Å². The Balaban J connectivity index is 1.35. The van der Waals surface area contributed by atoms with E-state index in [0.717, 1.165) is 43.0 Å². The summed E-state index contributed by atoms with van der Waals surface area (Å²) >= 11 is -1.43. The van der Waals surface area contributed by atoms with Gasteiger partial charge in [0.2, 0.25) is 0 Å². The summed E-state index contributed by atoms with van der Waals surface area (Å²) in [6, 6.07) is 17.0. The summed E-state index contributed by atoms with van der Waals surface area (Å²) in [5, 5.41) is 4.53. The number of fused-ring (bicyclic) bond motifs is 1. The average Bonchev–Trinajstić information content (AvgIpc) is 3.58. The van der Waals surface area contributed by atoms with Crippen LogP contribution >= 0.6 is 0 Å². The molecule has 1 amide bonds. The Morgan fingerprint density at radius 1 is 1.02 bits per heavy atom. The van der Waals surface area contributed by atoms with Crippen LogP contribution in [0.4, 0.5) is 10.5 Å². The van der Waals surface area contributed by atoms with Gasteiger partial charge in [0, 0.05) is 0 Å². The second kappa shape index (κ2) is 12.8. The van der Waals surface area contributed by atoms with Crippen molar-refractivity contribution >= 4 is 42.5 Å². The Morgan fingerprint density at radius 3 is 2.39 bits per heavy atom. The Bertz CT molecular complexity index is 1420. The first kappa shape index (κ1) is 28.8. The van der Waals surface area contributed by atoms with Gasteiger partial charge in [-0.3, -0.25) is 0 Å². The molecule has 1 fully saturated rings. The number of amides is 1. The van der Waals surface area contributed by atoms with Crippen LogP contribution in [-0.4, -0.2) is 98.8 Å². The van der Waals surface area contributed by atoms with Crippen molar-refractivity contribution in [2.45, 2.75) is 19.2 Å². The maximum atomic E-state index is 13.5. The number of methoxy groups -OCH3 is 1. The molecule has 0 aliphatic carbocycles. The topological polar surface area (TPSA) is 97.2 Å². The fraction of sp³-hybridized carbons (Fsp3) is 0.333. The molecule has 0 spiro atoms. The third-order valence-corrected chi connectivity index (χ3v) is 9.80. The third kappa shape index (κ3) is 6.30. The van der Waals surface area contributed by atoms with Gasteiger partial charge in [-0.25, -0.2) is 0 Å². The molecule has 0 N–H and O–H groups in total.